The zero-order valence-corrected chi connectivity index (χ0v) is 15.1. The number of rotatable bonds is 4. The summed E-state index contributed by atoms with van der Waals surface area (Å²) < 4.78 is 10.8. The number of carbonyl (C=O) groups is 1. The van der Waals surface area contributed by atoms with E-state index in [2.05, 4.69) is 10.9 Å². The first-order valence-corrected chi connectivity index (χ1v) is 9.37. The quantitative estimate of drug-likeness (QED) is 0.774. The molecule has 5 nitrogen and oxygen atoms in total. The summed E-state index contributed by atoms with van der Waals surface area (Å²) in [4.78, 5) is 19.8. The Morgan fingerprint density at radius 2 is 1.96 bits per heavy atom. The maximum absolute atomic E-state index is 13.5. The summed E-state index contributed by atoms with van der Waals surface area (Å²) in [6, 6.07) is 11.2. The molecule has 1 aliphatic heterocycles. The van der Waals surface area contributed by atoms with Gasteiger partial charge in [-0.15, -0.1) is 6.42 Å². The Hall–Kier alpha value is -3.00. The van der Waals surface area contributed by atoms with Crippen LogP contribution in [0.15, 0.2) is 42.6 Å². The molecule has 1 aromatic heterocycles. The third kappa shape index (κ3) is 3.48. The highest BCUT2D eigenvalue weighted by molar-refractivity contribution is 6.00. The van der Waals surface area contributed by atoms with Gasteiger partial charge in [-0.25, -0.2) is 4.98 Å². The molecule has 1 aromatic carbocycles. The second-order valence-corrected chi connectivity index (χ2v) is 6.90. The normalized spacial score (nSPS) is 17.1. The summed E-state index contributed by atoms with van der Waals surface area (Å²) in [6.45, 7) is 0.190. The number of hydrogen-bond acceptors (Lipinski definition) is 4. The van der Waals surface area contributed by atoms with Gasteiger partial charge < -0.3 is 9.47 Å². The van der Waals surface area contributed by atoms with Gasteiger partial charge in [0, 0.05) is 12.2 Å². The zero-order valence-electron chi connectivity index (χ0n) is 15.1. The molecule has 0 bridgehead atoms. The van der Waals surface area contributed by atoms with Crippen LogP contribution in [0.1, 0.15) is 43.6 Å². The number of terminal acetylenes is 1. The van der Waals surface area contributed by atoms with Crippen molar-refractivity contribution in [3.05, 3.63) is 48.2 Å². The van der Waals surface area contributed by atoms with Crippen molar-refractivity contribution >= 4 is 11.7 Å². The number of ether oxygens (including phenoxy) is 2. The first-order valence-electron chi connectivity index (χ1n) is 9.37. The third-order valence-electron chi connectivity index (χ3n) is 5.22. The van der Waals surface area contributed by atoms with Crippen LogP contribution in [-0.2, 0) is 4.79 Å². The average Bonchev–Trinajstić information content (AvgIpc) is 3.18. The number of carbonyl (C=O) groups excluding carboxylic acids is 1. The molecule has 1 fully saturated rings. The Bertz CT molecular complexity index is 854. The van der Waals surface area contributed by atoms with Gasteiger partial charge in [-0.2, -0.15) is 0 Å². The maximum Gasteiger partial charge on any atom is 0.248 e. The molecule has 0 saturated heterocycles. The van der Waals surface area contributed by atoms with E-state index < -0.39 is 5.92 Å². The standard InChI is InChI=1S/C22H22N2O3/c1-2-18(16-11-12-19-20(14-16)27-15-26-19)22(25)24(17-8-4-3-5-9-17)21-10-6-7-13-23-21/h1,6-7,10-14,17-18H,3-5,8-9,15H2. The Morgan fingerprint density at radius 1 is 1.15 bits per heavy atom. The van der Waals surface area contributed by atoms with Crippen LogP contribution >= 0.6 is 0 Å². The Kier molecular flexibility index (Phi) is 4.97. The molecule has 27 heavy (non-hydrogen) atoms. The molecule has 1 unspecified atom stereocenters. The fourth-order valence-corrected chi connectivity index (χ4v) is 3.86. The number of anilines is 1. The fraction of sp³-hybridized carbons (Fsp3) is 0.364. The second-order valence-electron chi connectivity index (χ2n) is 6.90. The van der Waals surface area contributed by atoms with Crippen LogP contribution in [0.4, 0.5) is 5.82 Å². The Balaban J connectivity index is 1.68. The average molecular weight is 362 g/mol. The van der Waals surface area contributed by atoms with Gasteiger partial charge in [0.2, 0.25) is 12.7 Å². The first-order chi connectivity index (χ1) is 13.3. The number of pyridine rings is 1. The highest BCUT2D eigenvalue weighted by atomic mass is 16.7. The van der Waals surface area contributed by atoms with Gasteiger partial charge in [-0.1, -0.05) is 37.3 Å². The topological polar surface area (TPSA) is 51.7 Å². The molecule has 1 saturated carbocycles. The molecule has 138 valence electrons. The minimum Gasteiger partial charge on any atom is -0.454 e. The van der Waals surface area contributed by atoms with Gasteiger partial charge in [-0.3, -0.25) is 9.69 Å². The van der Waals surface area contributed by atoms with Crippen LogP contribution in [0.5, 0.6) is 11.5 Å². The lowest BCUT2D eigenvalue weighted by atomic mass is 9.91. The molecule has 4 rings (SSSR count). The Labute approximate surface area is 159 Å². The van der Waals surface area contributed by atoms with E-state index in [1.165, 1.54) is 6.42 Å². The summed E-state index contributed by atoms with van der Waals surface area (Å²) >= 11 is 0. The van der Waals surface area contributed by atoms with E-state index >= 15 is 0 Å². The number of hydrogen-bond donors (Lipinski definition) is 0. The van der Waals surface area contributed by atoms with Gasteiger partial charge in [0.15, 0.2) is 11.5 Å². The van der Waals surface area contributed by atoms with Gasteiger partial charge in [0.25, 0.3) is 0 Å². The van der Waals surface area contributed by atoms with Gasteiger partial charge in [0.05, 0.1) is 0 Å². The van der Waals surface area contributed by atoms with Crippen molar-refractivity contribution in [3.8, 4) is 23.8 Å². The van der Waals surface area contributed by atoms with Crippen LogP contribution < -0.4 is 14.4 Å². The molecule has 1 amide bonds. The maximum atomic E-state index is 13.5. The highest BCUT2D eigenvalue weighted by Crippen LogP contribution is 2.36. The lowest BCUT2D eigenvalue weighted by Gasteiger charge is -2.35. The lowest BCUT2D eigenvalue weighted by molar-refractivity contribution is -0.119. The minimum atomic E-state index is -0.691. The fourth-order valence-electron chi connectivity index (χ4n) is 3.86. The van der Waals surface area contributed by atoms with Gasteiger partial charge >= 0.3 is 0 Å². The van der Waals surface area contributed by atoms with E-state index in [1.807, 2.05) is 35.2 Å². The minimum absolute atomic E-state index is 0.109. The number of amides is 1. The smallest absolute Gasteiger partial charge is 0.248 e. The number of benzene rings is 1. The highest BCUT2D eigenvalue weighted by Gasteiger charge is 2.33. The second kappa shape index (κ2) is 7.71. The van der Waals surface area contributed by atoms with Crippen molar-refractivity contribution in [3.63, 3.8) is 0 Å². The van der Waals surface area contributed by atoms with Crippen molar-refractivity contribution in [1.29, 1.82) is 0 Å². The number of aromatic nitrogens is 1. The van der Waals surface area contributed by atoms with E-state index in [0.717, 1.165) is 31.2 Å². The molecule has 0 N–H and O–H groups in total. The molecule has 1 atom stereocenters. The summed E-state index contributed by atoms with van der Waals surface area (Å²) in [5, 5.41) is 0. The SMILES string of the molecule is C#CC(C(=O)N(c1ccccn1)C1CCCCC1)c1ccc2c(c1)OCO2. The number of nitrogens with zero attached hydrogens (tertiary/aromatic N) is 2. The van der Waals surface area contributed by atoms with Crippen LogP contribution in [-0.4, -0.2) is 23.7 Å². The van der Waals surface area contributed by atoms with Crippen LogP contribution in [0, 0.1) is 12.3 Å². The van der Waals surface area contributed by atoms with Crippen LogP contribution in [0.2, 0.25) is 0 Å². The molecule has 5 heteroatoms. The van der Waals surface area contributed by atoms with Crippen molar-refractivity contribution in [2.24, 2.45) is 0 Å². The summed E-state index contributed by atoms with van der Waals surface area (Å²) in [7, 11) is 0. The van der Waals surface area contributed by atoms with Crippen molar-refractivity contribution < 1.29 is 14.3 Å². The predicted molar refractivity (Wildman–Crippen MR) is 103 cm³/mol. The van der Waals surface area contributed by atoms with Crippen molar-refractivity contribution in [2.75, 3.05) is 11.7 Å². The number of fused-ring (bicyclic) bond motifs is 1. The van der Waals surface area contributed by atoms with E-state index in [-0.39, 0.29) is 18.7 Å². The summed E-state index contributed by atoms with van der Waals surface area (Å²) in [5.41, 5.74) is 0.739. The van der Waals surface area contributed by atoms with E-state index in [1.54, 1.807) is 12.3 Å². The molecule has 2 aliphatic rings. The molecular formula is C22H22N2O3. The largest absolute Gasteiger partial charge is 0.454 e. The van der Waals surface area contributed by atoms with Gasteiger partial charge in [-0.05, 0) is 42.7 Å². The van der Waals surface area contributed by atoms with Crippen LogP contribution in [0.3, 0.4) is 0 Å². The molecule has 0 spiro atoms. The predicted octanol–water partition coefficient (Wildman–Crippen LogP) is 3.89. The summed E-state index contributed by atoms with van der Waals surface area (Å²) in [5.74, 6) is 3.85. The third-order valence-corrected chi connectivity index (χ3v) is 5.22. The van der Waals surface area contributed by atoms with Crippen molar-refractivity contribution in [2.45, 2.75) is 44.1 Å². The molecule has 1 aliphatic carbocycles. The van der Waals surface area contributed by atoms with E-state index in [0.29, 0.717) is 17.3 Å². The molecule has 2 heterocycles. The monoisotopic (exact) mass is 362 g/mol. The molecule has 2 aromatic rings. The van der Waals surface area contributed by atoms with E-state index in [4.69, 9.17) is 15.9 Å². The van der Waals surface area contributed by atoms with E-state index in [9.17, 15) is 4.79 Å². The first kappa shape index (κ1) is 17.4. The molecule has 0 radical (unpaired) electrons. The Morgan fingerprint density at radius 3 is 2.70 bits per heavy atom. The zero-order chi connectivity index (χ0) is 18.6. The lowest BCUT2D eigenvalue weighted by Crippen LogP contribution is -2.44. The van der Waals surface area contributed by atoms with Crippen molar-refractivity contribution in [1.82, 2.24) is 4.98 Å². The van der Waals surface area contributed by atoms with Gasteiger partial charge in [0.1, 0.15) is 11.7 Å². The molecular weight excluding hydrogens is 340 g/mol. The summed E-state index contributed by atoms with van der Waals surface area (Å²) in [6.07, 6.45) is 12.9. The van der Waals surface area contributed by atoms with Crippen LogP contribution in [0.25, 0.3) is 0 Å².